The minimum Gasteiger partial charge on any atom is -0.457 e. The van der Waals surface area contributed by atoms with Crippen LogP contribution in [-0.2, 0) is 11.3 Å². The van der Waals surface area contributed by atoms with E-state index in [1.165, 1.54) is 0 Å². The number of nitrogens with two attached hydrogens (primary N) is 1. The molecule has 0 saturated carbocycles. The molecule has 1 heterocycles. The number of amides is 1. The summed E-state index contributed by atoms with van der Waals surface area (Å²) >= 11 is 0. The smallest absolute Gasteiger partial charge is 0.235 e. The van der Waals surface area contributed by atoms with Crippen LogP contribution in [0.3, 0.4) is 0 Å². The van der Waals surface area contributed by atoms with Gasteiger partial charge in [-0.3, -0.25) is 9.69 Å². The molecule has 22 heavy (non-hydrogen) atoms. The van der Waals surface area contributed by atoms with Gasteiger partial charge in [0.05, 0.1) is 6.04 Å². The van der Waals surface area contributed by atoms with E-state index in [0.29, 0.717) is 0 Å². The van der Waals surface area contributed by atoms with Crippen molar-refractivity contribution in [1.29, 1.82) is 0 Å². The molecular weight excluding hydrogens is 276 g/mol. The van der Waals surface area contributed by atoms with Crippen LogP contribution in [0.5, 0.6) is 11.5 Å². The Morgan fingerprint density at radius 2 is 1.77 bits per heavy atom. The predicted octanol–water partition coefficient (Wildman–Crippen LogP) is 2.74. The molecule has 1 atom stereocenters. The van der Waals surface area contributed by atoms with Gasteiger partial charge >= 0.3 is 0 Å². The zero-order valence-electron chi connectivity index (χ0n) is 12.3. The molecule has 0 bridgehead atoms. The fraction of sp³-hybridized carbons (Fsp3) is 0.222. The minimum atomic E-state index is -0.276. The Kier molecular flexibility index (Phi) is 4.39. The van der Waals surface area contributed by atoms with Crippen LogP contribution >= 0.6 is 0 Å². The molecule has 0 aromatic heterocycles. The number of carbonyl (C=O) groups excluding carboxylic acids is 1. The lowest BCUT2D eigenvalue weighted by Gasteiger charge is -2.21. The monoisotopic (exact) mass is 295 g/mol. The molecule has 113 valence electrons. The largest absolute Gasteiger partial charge is 0.457 e. The van der Waals surface area contributed by atoms with Crippen LogP contribution in [0.4, 0.5) is 0 Å². The van der Waals surface area contributed by atoms with Gasteiger partial charge in [0.1, 0.15) is 11.5 Å². The molecule has 3 rings (SSSR count). The first kappa shape index (κ1) is 14.6. The Balaban J connectivity index is 1.63. The molecule has 0 aliphatic carbocycles. The molecule has 1 unspecified atom stereocenters. The van der Waals surface area contributed by atoms with Crippen LogP contribution in [0.1, 0.15) is 12.0 Å². The molecule has 4 heteroatoms. The van der Waals surface area contributed by atoms with Crippen LogP contribution in [0.2, 0.25) is 0 Å². The third-order valence-corrected chi connectivity index (χ3v) is 3.78. The van der Waals surface area contributed by atoms with Crippen LogP contribution in [-0.4, -0.2) is 23.4 Å². The molecule has 1 saturated heterocycles. The lowest BCUT2D eigenvalue weighted by atomic mass is 10.1. The van der Waals surface area contributed by atoms with Crippen molar-refractivity contribution in [2.75, 3.05) is 6.54 Å². The first-order valence-corrected chi connectivity index (χ1v) is 7.41. The molecule has 1 amide bonds. The van der Waals surface area contributed by atoms with E-state index in [1.54, 1.807) is 0 Å². The summed E-state index contributed by atoms with van der Waals surface area (Å²) in [5.41, 5.74) is 6.56. The van der Waals surface area contributed by atoms with E-state index >= 15 is 0 Å². The lowest BCUT2D eigenvalue weighted by molar-refractivity contribution is -0.121. The SMILES string of the molecule is NC(=O)C1[CH]CCN1Cc1ccc(Oc2ccccc2)cc1. The molecule has 1 aliphatic rings. The van der Waals surface area contributed by atoms with Gasteiger partial charge in [0.15, 0.2) is 0 Å². The minimum absolute atomic E-state index is 0.250. The predicted molar refractivity (Wildman–Crippen MR) is 85.3 cm³/mol. The van der Waals surface area contributed by atoms with Gasteiger partial charge in [0.25, 0.3) is 0 Å². The normalized spacial score (nSPS) is 18.3. The first-order valence-electron chi connectivity index (χ1n) is 7.41. The number of ether oxygens (including phenoxy) is 1. The number of benzene rings is 2. The van der Waals surface area contributed by atoms with Gasteiger partial charge < -0.3 is 10.5 Å². The molecular formula is C18H19N2O2. The van der Waals surface area contributed by atoms with Crippen LogP contribution in [0.15, 0.2) is 54.6 Å². The number of hydrogen-bond acceptors (Lipinski definition) is 3. The van der Waals surface area contributed by atoms with Gasteiger partial charge in [-0.15, -0.1) is 0 Å². The van der Waals surface area contributed by atoms with Crippen LogP contribution in [0, 0.1) is 6.42 Å². The fourth-order valence-electron chi connectivity index (χ4n) is 2.68. The van der Waals surface area contributed by atoms with Crippen molar-refractivity contribution in [3.8, 4) is 11.5 Å². The second-order valence-corrected chi connectivity index (χ2v) is 5.40. The quantitative estimate of drug-likeness (QED) is 0.922. The van der Waals surface area contributed by atoms with Gasteiger partial charge in [-0.2, -0.15) is 0 Å². The maximum atomic E-state index is 11.4. The van der Waals surface area contributed by atoms with E-state index in [0.717, 1.165) is 36.6 Å². The van der Waals surface area contributed by atoms with Gasteiger partial charge in [0, 0.05) is 6.54 Å². The topological polar surface area (TPSA) is 55.6 Å². The Bertz CT molecular complexity index is 625. The highest BCUT2D eigenvalue weighted by atomic mass is 16.5. The lowest BCUT2D eigenvalue weighted by Crippen LogP contribution is -2.39. The summed E-state index contributed by atoms with van der Waals surface area (Å²) in [5.74, 6) is 1.34. The Morgan fingerprint density at radius 1 is 1.09 bits per heavy atom. The average molecular weight is 295 g/mol. The van der Waals surface area contributed by atoms with Crippen molar-refractivity contribution >= 4 is 5.91 Å². The third-order valence-electron chi connectivity index (χ3n) is 3.78. The number of carbonyl (C=O) groups is 1. The summed E-state index contributed by atoms with van der Waals surface area (Å²) in [6.07, 6.45) is 2.89. The van der Waals surface area contributed by atoms with E-state index in [4.69, 9.17) is 10.5 Å². The standard InChI is InChI=1S/C18H19N2O2/c19-18(21)17-7-4-12-20(17)13-14-8-10-16(11-9-14)22-15-5-2-1-3-6-15/h1-3,5-11,17H,4,12-13H2,(H2,19,21). The molecule has 1 fully saturated rings. The number of para-hydroxylation sites is 1. The molecule has 1 aliphatic heterocycles. The summed E-state index contributed by atoms with van der Waals surface area (Å²) in [6, 6.07) is 17.4. The zero-order valence-corrected chi connectivity index (χ0v) is 12.3. The van der Waals surface area contributed by atoms with E-state index in [2.05, 4.69) is 4.90 Å². The number of primary amides is 1. The van der Waals surface area contributed by atoms with E-state index < -0.39 is 0 Å². The fourth-order valence-corrected chi connectivity index (χ4v) is 2.68. The second kappa shape index (κ2) is 6.62. The van der Waals surface area contributed by atoms with E-state index in [9.17, 15) is 4.79 Å². The molecule has 1 radical (unpaired) electrons. The highest BCUT2D eigenvalue weighted by Crippen LogP contribution is 2.23. The van der Waals surface area contributed by atoms with Crippen molar-refractivity contribution in [3.63, 3.8) is 0 Å². The van der Waals surface area contributed by atoms with Crippen molar-refractivity contribution in [3.05, 3.63) is 66.6 Å². The summed E-state index contributed by atoms with van der Waals surface area (Å²) in [7, 11) is 0. The average Bonchev–Trinajstić information content (AvgIpc) is 2.99. The maximum Gasteiger partial charge on any atom is 0.235 e. The number of rotatable bonds is 5. The van der Waals surface area contributed by atoms with E-state index in [-0.39, 0.29) is 11.9 Å². The van der Waals surface area contributed by atoms with Gasteiger partial charge in [-0.25, -0.2) is 0 Å². The summed E-state index contributed by atoms with van der Waals surface area (Å²) in [4.78, 5) is 13.5. The zero-order chi connectivity index (χ0) is 15.4. The van der Waals surface area contributed by atoms with Crippen molar-refractivity contribution in [2.24, 2.45) is 5.73 Å². The first-order chi connectivity index (χ1) is 10.7. The Hall–Kier alpha value is -2.33. The van der Waals surface area contributed by atoms with Gasteiger partial charge in [-0.1, -0.05) is 30.3 Å². The highest BCUT2D eigenvalue weighted by Gasteiger charge is 2.28. The van der Waals surface area contributed by atoms with Crippen molar-refractivity contribution in [2.45, 2.75) is 19.0 Å². The third kappa shape index (κ3) is 3.46. The van der Waals surface area contributed by atoms with Gasteiger partial charge in [-0.05, 0) is 49.2 Å². The molecule has 2 aromatic carbocycles. The summed E-state index contributed by atoms with van der Waals surface area (Å²) < 4.78 is 5.77. The number of nitrogens with zero attached hydrogens (tertiary/aromatic N) is 1. The summed E-state index contributed by atoms with van der Waals surface area (Å²) in [5, 5.41) is 0. The van der Waals surface area contributed by atoms with Crippen molar-refractivity contribution < 1.29 is 9.53 Å². The second-order valence-electron chi connectivity index (χ2n) is 5.40. The number of likely N-dealkylation sites (tertiary alicyclic amines) is 1. The van der Waals surface area contributed by atoms with E-state index in [1.807, 2.05) is 61.0 Å². The molecule has 2 N–H and O–H groups in total. The molecule has 2 aromatic rings. The highest BCUT2D eigenvalue weighted by molar-refractivity contribution is 5.81. The van der Waals surface area contributed by atoms with Crippen LogP contribution in [0.25, 0.3) is 0 Å². The maximum absolute atomic E-state index is 11.4. The van der Waals surface area contributed by atoms with Crippen molar-refractivity contribution in [1.82, 2.24) is 4.90 Å². The van der Waals surface area contributed by atoms with Crippen LogP contribution < -0.4 is 10.5 Å². The Morgan fingerprint density at radius 3 is 2.45 bits per heavy atom. The molecule has 4 nitrogen and oxygen atoms in total. The van der Waals surface area contributed by atoms with Gasteiger partial charge in [0.2, 0.25) is 5.91 Å². The Labute approximate surface area is 130 Å². The number of hydrogen-bond donors (Lipinski definition) is 1. The summed E-state index contributed by atoms with van der Waals surface area (Å²) in [6.45, 7) is 1.59. The molecule has 0 spiro atoms.